The van der Waals surface area contributed by atoms with Gasteiger partial charge in [-0.25, -0.2) is 0 Å². The molecule has 0 aliphatic heterocycles. The van der Waals surface area contributed by atoms with E-state index < -0.39 is 20.1 Å². The van der Waals surface area contributed by atoms with Crippen LogP contribution in [0.4, 0.5) is 0 Å². The van der Waals surface area contributed by atoms with E-state index in [1.54, 1.807) is 33.4 Å². The fourth-order valence-corrected chi connectivity index (χ4v) is 35.1. The predicted octanol–water partition coefficient (Wildman–Crippen LogP) is 6.72. The van der Waals surface area contributed by atoms with Crippen LogP contribution in [0.15, 0.2) is 47.5 Å². The van der Waals surface area contributed by atoms with Crippen molar-refractivity contribution in [3.63, 3.8) is 0 Å². The van der Waals surface area contributed by atoms with E-state index in [1.807, 2.05) is 0 Å². The van der Waals surface area contributed by atoms with Gasteiger partial charge in [0.2, 0.25) is 0 Å². The van der Waals surface area contributed by atoms with Gasteiger partial charge in [0.15, 0.2) is 0 Å². The van der Waals surface area contributed by atoms with Crippen molar-refractivity contribution in [2.24, 2.45) is 0 Å². The first-order valence-electron chi connectivity index (χ1n) is 10.3. The maximum atomic E-state index is 2.52. The zero-order chi connectivity index (χ0) is 19.1. The first kappa shape index (κ1) is 19.3. The summed E-state index contributed by atoms with van der Waals surface area (Å²) in [6.45, 7) is 11.8. The van der Waals surface area contributed by atoms with Gasteiger partial charge >= 0.3 is 174 Å². The molecule has 27 heavy (non-hydrogen) atoms. The van der Waals surface area contributed by atoms with Gasteiger partial charge in [-0.2, -0.15) is 0 Å². The van der Waals surface area contributed by atoms with Crippen LogP contribution in [0.5, 0.6) is 0 Å². The van der Waals surface area contributed by atoms with Gasteiger partial charge in [-0.3, -0.25) is 0 Å². The molecule has 0 saturated carbocycles. The van der Waals surface area contributed by atoms with Crippen LogP contribution in [-0.4, -0.2) is 6.22 Å². The van der Waals surface area contributed by atoms with E-state index in [1.165, 1.54) is 23.6 Å². The molecule has 0 radical (unpaired) electrons. The molecule has 0 saturated heterocycles. The number of fused-ring (bicyclic) bond motifs is 2. The van der Waals surface area contributed by atoms with Gasteiger partial charge in [-0.05, 0) is 0 Å². The molecule has 2 heteroatoms. The van der Waals surface area contributed by atoms with E-state index in [9.17, 15) is 0 Å². The van der Waals surface area contributed by atoms with Crippen molar-refractivity contribution >= 4 is 18.4 Å². The second-order valence-electron chi connectivity index (χ2n) is 8.29. The third-order valence-corrected chi connectivity index (χ3v) is 31.6. The summed E-state index contributed by atoms with van der Waals surface area (Å²) in [6, 6.07) is 15.5. The van der Waals surface area contributed by atoms with E-state index in [2.05, 4.69) is 83.2 Å². The first-order chi connectivity index (χ1) is 13.0. The maximum absolute atomic E-state index is 2.52. The molecule has 138 valence electrons. The molecule has 2 aliphatic carbocycles. The molecule has 2 aliphatic rings. The Kier molecular flexibility index (Phi) is 5.58. The Labute approximate surface area is 173 Å². The summed E-state index contributed by atoms with van der Waals surface area (Å²) in [5, 5.41) is 0. The van der Waals surface area contributed by atoms with Crippen molar-refractivity contribution in [2.45, 2.75) is 54.4 Å². The zero-order valence-corrected chi connectivity index (χ0v) is 22.0. The summed E-state index contributed by atoms with van der Waals surface area (Å²) in [5.41, 5.74) is 12.7. The third-order valence-electron chi connectivity index (χ3n) is 6.33. The van der Waals surface area contributed by atoms with E-state index >= 15 is 0 Å². The normalized spacial score (nSPS) is 20.0. The molecule has 0 N–H and O–H groups in total. The molecule has 4 rings (SSSR count). The quantitative estimate of drug-likeness (QED) is 0.381. The second-order valence-corrected chi connectivity index (χ2v) is 26.9. The van der Waals surface area contributed by atoms with E-state index in [-0.39, 0.29) is 0 Å². The Morgan fingerprint density at radius 2 is 1.26 bits per heavy atom. The summed E-state index contributed by atoms with van der Waals surface area (Å²) in [7, 11) is 0. The summed E-state index contributed by atoms with van der Waals surface area (Å²) >= 11 is -1.98. The van der Waals surface area contributed by atoms with Gasteiger partial charge in [-0.1, -0.05) is 0 Å². The van der Waals surface area contributed by atoms with Crippen molar-refractivity contribution in [3.8, 4) is 0 Å². The van der Waals surface area contributed by atoms with Crippen LogP contribution in [0.2, 0.25) is 6.04 Å². The van der Waals surface area contributed by atoms with Gasteiger partial charge in [0.05, 0.1) is 0 Å². The van der Waals surface area contributed by atoms with Crippen LogP contribution in [0.25, 0.3) is 12.2 Å². The van der Waals surface area contributed by atoms with Crippen LogP contribution in [-0.2, 0) is 20.1 Å². The first-order valence-corrected chi connectivity index (χ1v) is 22.0. The van der Waals surface area contributed by atoms with Crippen molar-refractivity contribution in [1.29, 1.82) is 0 Å². The number of aryl methyl sites for hydroxylation is 2. The molecule has 0 bridgehead atoms. The van der Waals surface area contributed by atoms with E-state index in [4.69, 9.17) is 0 Å². The number of allylic oxidation sites excluding steroid dienone is 2. The molecule has 0 heterocycles. The third kappa shape index (κ3) is 3.33. The second kappa shape index (κ2) is 7.79. The predicted molar refractivity (Wildman–Crippen MR) is 117 cm³/mol. The monoisotopic (exact) mass is 538 g/mol. The van der Waals surface area contributed by atoms with Gasteiger partial charge in [-0.15, -0.1) is 0 Å². The Morgan fingerprint density at radius 1 is 0.778 bits per heavy atom. The van der Waals surface area contributed by atoms with Crippen LogP contribution in [0.3, 0.4) is 0 Å². The van der Waals surface area contributed by atoms with Crippen LogP contribution in [0.1, 0.15) is 67.9 Å². The Bertz CT molecular complexity index is 918. The Morgan fingerprint density at radius 3 is 1.70 bits per heavy atom. The summed E-state index contributed by atoms with van der Waals surface area (Å²) in [4.78, 5) is 0. The van der Waals surface area contributed by atoms with E-state index in [0.717, 1.165) is 7.35 Å². The fraction of sp³-hybridized carbons (Fsp3) is 0.360. The molecule has 2 unspecified atom stereocenters. The number of hydrogen-bond acceptors (Lipinski definition) is 0. The molecule has 2 aromatic rings. The molecule has 0 fully saturated rings. The topological polar surface area (TPSA) is 0 Å². The van der Waals surface area contributed by atoms with Gasteiger partial charge in [0, 0.05) is 0 Å². The van der Waals surface area contributed by atoms with Crippen LogP contribution < -0.4 is 0 Å². The van der Waals surface area contributed by atoms with E-state index in [0.29, 0.717) is 6.22 Å². The molecule has 0 nitrogen and oxygen atoms in total. The Hall–Kier alpha value is -0.993. The average Bonchev–Trinajstić information content (AvgIpc) is 3.15. The summed E-state index contributed by atoms with van der Waals surface area (Å²) in [6.07, 6.45) is 7.03. The number of rotatable bonds is 4. The molecule has 0 aromatic heterocycles. The van der Waals surface area contributed by atoms with Crippen molar-refractivity contribution in [2.75, 3.05) is 0 Å². The summed E-state index contributed by atoms with van der Waals surface area (Å²) in [5.74, 6) is 0. The van der Waals surface area contributed by atoms with Crippen molar-refractivity contribution in [3.05, 3.63) is 80.9 Å². The molecule has 0 amide bonds. The van der Waals surface area contributed by atoms with Gasteiger partial charge in [0.1, 0.15) is 0 Å². The fourth-order valence-electron chi connectivity index (χ4n) is 5.02. The van der Waals surface area contributed by atoms with Gasteiger partial charge < -0.3 is 0 Å². The summed E-state index contributed by atoms with van der Waals surface area (Å²) < 4.78 is 1.59. The molecular formula is C25H30HfSi. The van der Waals surface area contributed by atoms with Crippen molar-refractivity contribution < 1.29 is 20.1 Å². The van der Waals surface area contributed by atoms with Crippen LogP contribution >= 0.6 is 0 Å². The molecule has 0 spiro atoms. The SMILES string of the molecule is CCC[SiH]=[Hf]([CH]1C(C)=Cc2c(C)cccc21)[CH]1C(C)=Cc2c(C)cccc21. The Balaban J connectivity index is 1.87. The molecular weight excluding hydrogens is 507 g/mol. The average molecular weight is 537 g/mol. The standard InChI is InChI=1S/2C11H11.C3H8Si.Hf/c2*1-8-6-10-5-3-4-9(2)11(10)7-8;1-2-3-4;/h2*3-7H,1-2H3;4H,2-3H2,1H3;. The molecule has 2 atom stereocenters. The van der Waals surface area contributed by atoms with Crippen molar-refractivity contribution in [1.82, 2.24) is 0 Å². The number of benzene rings is 2. The minimum absolute atomic E-state index is 0.621. The van der Waals surface area contributed by atoms with Crippen LogP contribution in [0, 0.1) is 13.8 Å². The van der Waals surface area contributed by atoms with Gasteiger partial charge in [0.25, 0.3) is 0 Å². The number of hydrogen-bond donors (Lipinski definition) is 0. The molecule has 2 aromatic carbocycles. The zero-order valence-electron chi connectivity index (χ0n) is 17.3. The minimum atomic E-state index is -1.98.